The van der Waals surface area contributed by atoms with E-state index < -0.39 is 0 Å². The minimum Gasteiger partial charge on any atom is -0.473 e. The Kier molecular flexibility index (Phi) is 4.77. The van der Waals surface area contributed by atoms with Crippen molar-refractivity contribution in [2.75, 3.05) is 7.05 Å². The molecule has 2 aromatic heterocycles. The molecule has 2 N–H and O–H groups in total. The third kappa shape index (κ3) is 3.64. The summed E-state index contributed by atoms with van der Waals surface area (Å²) in [6.07, 6.45) is 4.83. The van der Waals surface area contributed by atoms with E-state index in [1.54, 1.807) is 29.9 Å². The number of imidazole rings is 1. The van der Waals surface area contributed by atoms with Crippen molar-refractivity contribution >= 4 is 11.6 Å². The summed E-state index contributed by atoms with van der Waals surface area (Å²) in [6.45, 7) is 0. The van der Waals surface area contributed by atoms with Crippen molar-refractivity contribution in [2.24, 2.45) is 0 Å². The van der Waals surface area contributed by atoms with Crippen molar-refractivity contribution in [3.05, 3.63) is 48.2 Å². The van der Waals surface area contributed by atoms with Gasteiger partial charge in [0.25, 0.3) is 5.91 Å². The van der Waals surface area contributed by atoms with E-state index in [1.165, 1.54) is 0 Å². The first-order chi connectivity index (χ1) is 13.1. The summed E-state index contributed by atoms with van der Waals surface area (Å²) in [5.74, 6) is 0.427. The number of hydrogen-bond acceptors (Lipinski definition) is 5. The lowest BCUT2D eigenvalue weighted by Gasteiger charge is -2.25. The zero-order valence-corrected chi connectivity index (χ0v) is 15.1. The second-order valence-corrected chi connectivity index (χ2v) is 6.79. The van der Waals surface area contributed by atoms with Gasteiger partial charge in [-0.25, -0.2) is 9.50 Å². The zero-order chi connectivity index (χ0) is 18.8. The van der Waals surface area contributed by atoms with Gasteiger partial charge >= 0.3 is 0 Å². The van der Waals surface area contributed by atoms with Gasteiger partial charge in [-0.3, -0.25) is 4.79 Å². The highest BCUT2D eigenvalue weighted by atomic mass is 16.5. The first-order valence-electron chi connectivity index (χ1n) is 9.16. The van der Waals surface area contributed by atoms with Gasteiger partial charge in [0, 0.05) is 24.2 Å². The molecule has 140 valence electrons. The lowest BCUT2D eigenvalue weighted by molar-refractivity contribution is 0.0637. The van der Waals surface area contributed by atoms with Crippen LogP contribution in [-0.4, -0.2) is 44.9 Å². The smallest absolute Gasteiger partial charge is 0.251 e. The molecule has 7 nitrogen and oxygen atoms in total. The molecule has 0 atom stereocenters. The fraction of sp³-hybridized carbons (Fsp3) is 0.350. The maximum absolute atomic E-state index is 11.7. The Balaban J connectivity index is 1.59. The number of hydrogen-bond donors (Lipinski definition) is 2. The highest BCUT2D eigenvalue weighted by Gasteiger charge is 2.21. The number of fused-ring (bicyclic) bond motifs is 1. The van der Waals surface area contributed by atoms with E-state index in [-0.39, 0.29) is 18.1 Å². The monoisotopic (exact) mass is 366 g/mol. The molecule has 0 aliphatic heterocycles. The molecule has 0 bridgehead atoms. The Morgan fingerprint density at radius 1 is 1.15 bits per heavy atom. The molecule has 3 aromatic rings. The number of aliphatic hydroxyl groups excluding tert-OH is 1. The first-order valence-corrected chi connectivity index (χ1v) is 9.16. The van der Waals surface area contributed by atoms with Gasteiger partial charge in [-0.15, -0.1) is 5.10 Å². The quantitative estimate of drug-likeness (QED) is 0.740. The van der Waals surface area contributed by atoms with Crippen LogP contribution in [0.25, 0.3) is 16.9 Å². The van der Waals surface area contributed by atoms with Crippen molar-refractivity contribution in [1.29, 1.82) is 0 Å². The molecule has 0 spiro atoms. The molecule has 1 aliphatic carbocycles. The number of nitrogens with one attached hydrogen (secondary N) is 1. The van der Waals surface area contributed by atoms with Crippen LogP contribution in [0.15, 0.2) is 42.6 Å². The van der Waals surface area contributed by atoms with E-state index in [0.29, 0.717) is 11.4 Å². The predicted octanol–water partition coefficient (Wildman–Crippen LogP) is 2.44. The Bertz CT molecular complexity index is 944. The number of carbonyl (C=O) groups excluding carboxylic acids is 1. The lowest BCUT2D eigenvalue weighted by Crippen LogP contribution is -2.26. The molecule has 1 aliphatic rings. The molecule has 7 heteroatoms. The van der Waals surface area contributed by atoms with E-state index in [9.17, 15) is 9.90 Å². The van der Waals surface area contributed by atoms with Gasteiger partial charge in [0.05, 0.1) is 18.0 Å². The summed E-state index contributed by atoms with van der Waals surface area (Å²) < 4.78 is 7.77. The molecular weight excluding hydrogens is 344 g/mol. The number of aliphatic hydroxyl groups is 1. The lowest BCUT2D eigenvalue weighted by atomic mass is 9.95. The number of nitrogens with zero attached hydrogens (tertiary/aromatic N) is 3. The Morgan fingerprint density at radius 2 is 1.89 bits per heavy atom. The molecule has 1 fully saturated rings. The predicted molar refractivity (Wildman–Crippen MR) is 101 cm³/mol. The van der Waals surface area contributed by atoms with Gasteiger partial charge in [-0.1, -0.05) is 12.1 Å². The van der Waals surface area contributed by atoms with Gasteiger partial charge in [0.1, 0.15) is 6.10 Å². The highest BCUT2D eigenvalue weighted by Crippen LogP contribution is 2.25. The third-order valence-electron chi connectivity index (χ3n) is 4.94. The van der Waals surface area contributed by atoms with Crippen LogP contribution in [0.3, 0.4) is 0 Å². The molecular formula is C20H22N4O3. The summed E-state index contributed by atoms with van der Waals surface area (Å²) in [5.41, 5.74) is 3.08. The Labute approximate surface area is 157 Å². The maximum Gasteiger partial charge on any atom is 0.251 e. The normalized spacial score (nSPS) is 19.8. The van der Waals surface area contributed by atoms with Crippen LogP contribution >= 0.6 is 0 Å². The van der Waals surface area contributed by atoms with E-state index in [0.717, 1.165) is 42.6 Å². The SMILES string of the molecule is CNC(=O)c1ccc(-c2cnc3ccc(OC4CCC(O)CC4)nn23)cc1. The summed E-state index contributed by atoms with van der Waals surface area (Å²) in [5, 5.41) is 16.8. The number of benzene rings is 1. The van der Waals surface area contributed by atoms with Crippen LogP contribution in [0.1, 0.15) is 36.0 Å². The molecule has 4 rings (SSSR count). The van der Waals surface area contributed by atoms with E-state index >= 15 is 0 Å². The van der Waals surface area contributed by atoms with Gasteiger partial charge in [0.15, 0.2) is 5.65 Å². The zero-order valence-electron chi connectivity index (χ0n) is 15.1. The van der Waals surface area contributed by atoms with Crippen LogP contribution in [0.4, 0.5) is 0 Å². The summed E-state index contributed by atoms with van der Waals surface area (Å²) in [4.78, 5) is 16.1. The summed E-state index contributed by atoms with van der Waals surface area (Å²) in [7, 11) is 1.61. The topological polar surface area (TPSA) is 88.8 Å². The maximum atomic E-state index is 11.7. The number of ether oxygens (including phenoxy) is 1. The highest BCUT2D eigenvalue weighted by molar-refractivity contribution is 5.94. The van der Waals surface area contributed by atoms with Crippen LogP contribution in [0.2, 0.25) is 0 Å². The molecule has 0 saturated heterocycles. The molecule has 2 heterocycles. The molecule has 27 heavy (non-hydrogen) atoms. The second kappa shape index (κ2) is 7.36. The van der Waals surface area contributed by atoms with Crippen molar-refractivity contribution in [2.45, 2.75) is 37.9 Å². The van der Waals surface area contributed by atoms with Crippen LogP contribution in [-0.2, 0) is 0 Å². The van der Waals surface area contributed by atoms with Gasteiger partial charge in [0.2, 0.25) is 5.88 Å². The molecule has 1 amide bonds. The fourth-order valence-corrected chi connectivity index (χ4v) is 3.39. The summed E-state index contributed by atoms with van der Waals surface area (Å²) in [6, 6.07) is 11.0. The van der Waals surface area contributed by atoms with Crippen LogP contribution < -0.4 is 10.1 Å². The van der Waals surface area contributed by atoms with Gasteiger partial charge in [-0.2, -0.15) is 0 Å². The average Bonchev–Trinajstić information content (AvgIpc) is 3.12. The van der Waals surface area contributed by atoms with Crippen molar-refractivity contribution < 1.29 is 14.6 Å². The number of amides is 1. The first kappa shape index (κ1) is 17.5. The molecule has 1 aromatic carbocycles. The van der Waals surface area contributed by atoms with E-state index in [2.05, 4.69) is 15.4 Å². The fourth-order valence-electron chi connectivity index (χ4n) is 3.39. The average molecular weight is 366 g/mol. The second-order valence-electron chi connectivity index (χ2n) is 6.79. The number of aromatic nitrogens is 3. The van der Waals surface area contributed by atoms with E-state index in [4.69, 9.17) is 4.74 Å². The van der Waals surface area contributed by atoms with Gasteiger partial charge in [-0.05, 0) is 43.9 Å². The minimum atomic E-state index is -0.210. The van der Waals surface area contributed by atoms with Gasteiger partial charge < -0.3 is 15.2 Å². The van der Waals surface area contributed by atoms with E-state index in [1.807, 2.05) is 24.3 Å². The summed E-state index contributed by atoms with van der Waals surface area (Å²) >= 11 is 0. The standard InChI is InChI=1S/C20H22N4O3/c1-21-20(26)14-4-2-13(3-5-14)17-12-22-18-10-11-19(23-24(17)18)27-16-8-6-15(25)7-9-16/h2-5,10-12,15-16,25H,6-9H2,1H3,(H,21,26). The third-order valence-corrected chi connectivity index (χ3v) is 4.94. The van der Waals surface area contributed by atoms with Crippen LogP contribution in [0, 0.1) is 0 Å². The van der Waals surface area contributed by atoms with Crippen molar-refractivity contribution in [3.63, 3.8) is 0 Å². The number of carbonyl (C=O) groups is 1. The van der Waals surface area contributed by atoms with Crippen molar-refractivity contribution in [3.8, 4) is 17.1 Å². The largest absolute Gasteiger partial charge is 0.473 e. The van der Waals surface area contributed by atoms with Crippen LogP contribution in [0.5, 0.6) is 5.88 Å². The van der Waals surface area contributed by atoms with Crippen molar-refractivity contribution in [1.82, 2.24) is 19.9 Å². The molecule has 0 radical (unpaired) electrons. The minimum absolute atomic E-state index is 0.0807. The Hall–Kier alpha value is -2.93. The Morgan fingerprint density at radius 3 is 2.59 bits per heavy atom. The number of rotatable bonds is 4. The molecule has 0 unspecified atom stereocenters. The molecule has 1 saturated carbocycles.